The number of halogens is 1. The van der Waals surface area contributed by atoms with Crippen LogP contribution < -0.4 is 15.8 Å². The summed E-state index contributed by atoms with van der Waals surface area (Å²) in [5, 5.41) is 2.97. The Morgan fingerprint density at radius 3 is 2.64 bits per heavy atom. The summed E-state index contributed by atoms with van der Waals surface area (Å²) in [7, 11) is 0. The number of benzene rings is 1. The van der Waals surface area contributed by atoms with Crippen molar-refractivity contribution in [2.75, 3.05) is 31.1 Å². The van der Waals surface area contributed by atoms with E-state index in [2.05, 4.69) is 10.3 Å². The molecule has 0 radical (unpaired) electrons. The fraction of sp³-hybridized carbons (Fsp3) is 0.375. The number of anilines is 1. The lowest BCUT2D eigenvalue weighted by Gasteiger charge is -2.14. The normalized spacial score (nSPS) is 17.3. The quantitative estimate of drug-likeness (QED) is 0.534. The van der Waals surface area contributed by atoms with E-state index in [-0.39, 0.29) is 37.5 Å². The van der Waals surface area contributed by atoms with Crippen LogP contribution in [0.15, 0.2) is 35.3 Å². The highest BCUT2D eigenvalue weighted by molar-refractivity contribution is 5.90. The molecule has 1 fully saturated rings. The van der Waals surface area contributed by atoms with Crippen molar-refractivity contribution in [2.24, 2.45) is 0 Å². The van der Waals surface area contributed by atoms with Gasteiger partial charge in [-0.2, -0.15) is 0 Å². The van der Waals surface area contributed by atoms with Crippen molar-refractivity contribution in [2.45, 2.75) is 33.5 Å². The van der Waals surface area contributed by atoms with Crippen LogP contribution in [0.4, 0.5) is 14.9 Å². The van der Waals surface area contributed by atoms with Crippen molar-refractivity contribution >= 4 is 35.1 Å². The molecule has 36 heavy (non-hydrogen) atoms. The SMILES string of the molecule is C.CC(=O)NC[C@H]1CN(c2ccc(-c3cnc4c(c3)c(=O)n3n4CCN(C=O)CC3)c(F)c2)C(=O)O1. The fourth-order valence-electron chi connectivity index (χ4n) is 4.45. The van der Waals surface area contributed by atoms with E-state index in [0.29, 0.717) is 48.5 Å². The first kappa shape index (κ1) is 24.9. The van der Waals surface area contributed by atoms with Crippen LogP contribution >= 0.6 is 0 Å². The third-order valence-electron chi connectivity index (χ3n) is 6.24. The molecule has 2 aliphatic rings. The summed E-state index contributed by atoms with van der Waals surface area (Å²) in [6.07, 6.45) is 1.12. The van der Waals surface area contributed by atoms with Crippen molar-refractivity contribution in [3.05, 3.63) is 46.6 Å². The Morgan fingerprint density at radius 2 is 1.94 bits per heavy atom. The van der Waals surface area contributed by atoms with Crippen LogP contribution in [-0.4, -0.2) is 69.9 Å². The summed E-state index contributed by atoms with van der Waals surface area (Å²) in [5.74, 6) is -0.813. The highest BCUT2D eigenvalue weighted by atomic mass is 19.1. The van der Waals surface area contributed by atoms with Crippen LogP contribution in [0.2, 0.25) is 0 Å². The standard InChI is InChI=1S/C23H23FN6O5.CH4/c1-14(32)25-11-17-12-28(23(34)35-17)16-2-3-18(20(24)9-16)15-8-19-21(26-10-15)29-6-4-27(13-31)5-7-30(29)22(19)33;/h2-3,8-10,13,17H,4-7,11-12H2,1H3,(H,25,32);1H4/t17-;/m0./s1. The van der Waals surface area contributed by atoms with Gasteiger partial charge in [-0.1, -0.05) is 7.43 Å². The van der Waals surface area contributed by atoms with Gasteiger partial charge in [-0.3, -0.25) is 24.0 Å². The molecule has 1 atom stereocenters. The number of nitrogens with zero attached hydrogens (tertiary/aromatic N) is 5. The van der Waals surface area contributed by atoms with E-state index in [1.807, 2.05) is 0 Å². The predicted octanol–water partition coefficient (Wildman–Crippen LogP) is 1.57. The van der Waals surface area contributed by atoms with Crippen LogP contribution in [0.3, 0.4) is 0 Å². The highest BCUT2D eigenvalue weighted by Gasteiger charge is 2.32. The van der Waals surface area contributed by atoms with E-state index < -0.39 is 18.0 Å². The zero-order valence-electron chi connectivity index (χ0n) is 18.9. The van der Waals surface area contributed by atoms with E-state index in [4.69, 9.17) is 4.74 Å². The van der Waals surface area contributed by atoms with Crippen molar-refractivity contribution in [3.63, 3.8) is 0 Å². The molecule has 0 aliphatic carbocycles. The van der Waals surface area contributed by atoms with E-state index in [9.17, 15) is 19.2 Å². The number of rotatable bonds is 5. The van der Waals surface area contributed by atoms with Crippen LogP contribution in [0.25, 0.3) is 22.2 Å². The molecule has 12 heteroatoms. The summed E-state index contributed by atoms with van der Waals surface area (Å²) in [6, 6.07) is 5.98. The van der Waals surface area contributed by atoms with Crippen molar-refractivity contribution in [1.82, 2.24) is 24.6 Å². The first-order valence-electron chi connectivity index (χ1n) is 11.2. The maximum Gasteiger partial charge on any atom is 0.414 e. The van der Waals surface area contributed by atoms with E-state index >= 15 is 4.39 Å². The van der Waals surface area contributed by atoms with Gasteiger partial charge in [0.2, 0.25) is 12.3 Å². The lowest BCUT2D eigenvalue weighted by molar-refractivity contribution is -0.119. The molecule has 4 heterocycles. The van der Waals surface area contributed by atoms with Crippen molar-refractivity contribution in [1.29, 1.82) is 0 Å². The minimum absolute atomic E-state index is 0. The van der Waals surface area contributed by atoms with Crippen LogP contribution in [-0.2, 0) is 27.4 Å². The third kappa shape index (κ3) is 4.41. The Morgan fingerprint density at radius 1 is 1.19 bits per heavy atom. The Bertz CT molecular complexity index is 1400. The molecular weight excluding hydrogens is 471 g/mol. The molecule has 5 rings (SSSR count). The molecular formula is C24H27FN6O5. The van der Waals surface area contributed by atoms with Crippen molar-refractivity contribution < 1.29 is 23.5 Å². The molecule has 1 N–H and O–H groups in total. The van der Waals surface area contributed by atoms with Gasteiger partial charge >= 0.3 is 6.09 Å². The maximum absolute atomic E-state index is 15.1. The Balaban J connectivity index is 0.00000304. The van der Waals surface area contributed by atoms with Crippen LogP contribution in [0.5, 0.6) is 0 Å². The number of fused-ring (bicyclic) bond motifs is 3. The summed E-state index contributed by atoms with van der Waals surface area (Å²) in [5.41, 5.74) is 1.23. The number of ether oxygens (including phenoxy) is 1. The number of nitrogens with one attached hydrogen (secondary N) is 1. The summed E-state index contributed by atoms with van der Waals surface area (Å²) in [6.45, 7) is 3.40. The molecule has 0 spiro atoms. The fourth-order valence-corrected chi connectivity index (χ4v) is 4.45. The first-order chi connectivity index (χ1) is 16.9. The number of hydrogen-bond acceptors (Lipinski definition) is 6. The minimum atomic E-state index is -0.618. The monoisotopic (exact) mass is 498 g/mol. The van der Waals surface area contributed by atoms with Gasteiger partial charge in [-0.25, -0.2) is 18.9 Å². The van der Waals surface area contributed by atoms with E-state index in [1.165, 1.54) is 30.2 Å². The van der Waals surface area contributed by atoms with Gasteiger partial charge in [0, 0.05) is 37.3 Å². The summed E-state index contributed by atoms with van der Waals surface area (Å²) < 4.78 is 23.7. The number of cyclic esters (lactones) is 1. The van der Waals surface area contributed by atoms with Crippen LogP contribution in [0.1, 0.15) is 14.4 Å². The molecule has 3 amide bonds. The zero-order valence-corrected chi connectivity index (χ0v) is 18.9. The maximum atomic E-state index is 15.1. The van der Waals surface area contributed by atoms with Gasteiger partial charge in [0.15, 0.2) is 5.65 Å². The topological polar surface area (TPSA) is 119 Å². The molecule has 11 nitrogen and oxygen atoms in total. The second-order valence-corrected chi connectivity index (χ2v) is 8.51. The molecule has 1 saturated heterocycles. The molecule has 0 bridgehead atoms. The lowest BCUT2D eigenvalue weighted by Crippen LogP contribution is -2.33. The summed E-state index contributed by atoms with van der Waals surface area (Å²) in [4.78, 5) is 54.8. The van der Waals surface area contributed by atoms with Gasteiger partial charge < -0.3 is 15.0 Å². The number of amides is 3. The second kappa shape index (κ2) is 9.80. The predicted molar refractivity (Wildman–Crippen MR) is 130 cm³/mol. The van der Waals surface area contributed by atoms with Gasteiger partial charge in [0.1, 0.15) is 11.9 Å². The number of aromatic nitrogens is 3. The molecule has 2 aromatic heterocycles. The Labute approximate surface area is 206 Å². The van der Waals surface area contributed by atoms with Gasteiger partial charge in [0.25, 0.3) is 5.56 Å². The molecule has 0 unspecified atom stereocenters. The number of hydrogen-bond donors (Lipinski definition) is 1. The average molecular weight is 499 g/mol. The molecule has 2 aliphatic heterocycles. The average Bonchev–Trinajstić information content (AvgIpc) is 3.24. The third-order valence-corrected chi connectivity index (χ3v) is 6.24. The van der Waals surface area contributed by atoms with Gasteiger partial charge in [0.05, 0.1) is 37.3 Å². The molecule has 1 aromatic carbocycles. The van der Waals surface area contributed by atoms with E-state index in [0.717, 1.165) is 6.41 Å². The second-order valence-electron chi connectivity index (χ2n) is 8.51. The zero-order chi connectivity index (χ0) is 24.7. The van der Waals surface area contributed by atoms with Gasteiger partial charge in [-0.05, 0) is 24.3 Å². The van der Waals surface area contributed by atoms with E-state index in [1.54, 1.807) is 26.4 Å². The number of carbonyl (C=O) groups is 3. The largest absolute Gasteiger partial charge is 0.442 e. The number of pyridine rings is 1. The van der Waals surface area contributed by atoms with Crippen molar-refractivity contribution in [3.8, 4) is 11.1 Å². The van der Waals surface area contributed by atoms with Gasteiger partial charge in [-0.15, -0.1) is 0 Å². The lowest BCUT2D eigenvalue weighted by atomic mass is 10.1. The summed E-state index contributed by atoms with van der Waals surface area (Å²) >= 11 is 0. The Hall–Kier alpha value is -4.22. The smallest absolute Gasteiger partial charge is 0.414 e. The highest BCUT2D eigenvalue weighted by Crippen LogP contribution is 2.30. The molecule has 190 valence electrons. The number of carbonyl (C=O) groups excluding carboxylic acids is 3. The molecule has 0 saturated carbocycles. The van der Waals surface area contributed by atoms with Crippen LogP contribution in [0, 0.1) is 5.82 Å². The minimum Gasteiger partial charge on any atom is -0.442 e. The Kier molecular flexibility index (Phi) is 6.77. The first-order valence-corrected chi connectivity index (χ1v) is 11.2. The molecule has 3 aromatic rings.